The van der Waals surface area contributed by atoms with Gasteiger partial charge in [-0.3, -0.25) is 4.79 Å². The predicted molar refractivity (Wildman–Crippen MR) is 165 cm³/mol. The van der Waals surface area contributed by atoms with Crippen LogP contribution in [-0.2, 0) is 10.8 Å². The zero-order valence-electron chi connectivity index (χ0n) is 22.9. The monoisotopic (exact) mass is 550 g/mol. The van der Waals surface area contributed by atoms with Crippen LogP contribution >= 0.6 is 22.7 Å². The standard InChI is InChI=1S/C16H16N2OS.C16H14N2S/c1-16(2,3)11-4-5-12-9(7-11)6-10-8-13(14(17)19)20-15(10)18-12;1-16(2,3)12-4-5-14-10(7-12)6-11-8-13(9-17)19-15(11)18-14/h4-8H,1-3H3,(H2,17,19);4-8H,1-3H3. The summed E-state index contributed by atoms with van der Waals surface area (Å²) in [6, 6.07) is 22.9. The van der Waals surface area contributed by atoms with Crippen molar-refractivity contribution in [2.75, 3.05) is 0 Å². The third-order valence-electron chi connectivity index (χ3n) is 6.69. The molecule has 0 unspecified atom stereocenters. The molecule has 4 heterocycles. The molecule has 196 valence electrons. The lowest BCUT2D eigenvalue weighted by Crippen LogP contribution is -2.10. The van der Waals surface area contributed by atoms with E-state index in [9.17, 15) is 4.79 Å². The second-order valence-corrected chi connectivity index (χ2v) is 13.8. The molecule has 2 aromatic carbocycles. The summed E-state index contributed by atoms with van der Waals surface area (Å²) in [5, 5.41) is 13.2. The van der Waals surface area contributed by atoms with Crippen molar-refractivity contribution in [3.05, 3.63) is 81.5 Å². The number of benzene rings is 2. The van der Waals surface area contributed by atoms with Crippen LogP contribution in [0.4, 0.5) is 0 Å². The molecule has 0 aliphatic rings. The summed E-state index contributed by atoms with van der Waals surface area (Å²) in [4.78, 5) is 23.6. The van der Waals surface area contributed by atoms with E-state index in [0.29, 0.717) is 9.75 Å². The zero-order chi connectivity index (χ0) is 28.1. The number of aromatic nitrogens is 2. The average Bonchev–Trinajstić information content (AvgIpc) is 3.47. The number of carbonyl (C=O) groups excluding carboxylic acids is 1. The molecule has 0 aliphatic heterocycles. The molecular weight excluding hydrogens is 521 g/mol. The Morgan fingerprint density at radius 1 is 0.718 bits per heavy atom. The van der Waals surface area contributed by atoms with Crippen LogP contribution in [0, 0.1) is 11.3 Å². The fourth-order valence-corrected chi connectivity index (χ4v) is 6.07. The second kappa shape index (κ2) is 9.71. The van der Waals surface area contributed by atoms with Gasteiger partial charge in [-0.2, -0.15) is 5.26 Å². The van der Waals surface area contributed by atoms with Gasteiger partial charge in [-0.25, -0.2) is 9.97 Å². The van der Waals surface area contributed by atoms with Gasteiger partial charge in [-0.05, 0) is 70.5 Å². The molecule has 0 radical (unpaired) electrons. The summed E-state index contributed by atoms with van der Waals surface area (Å²) in [5.41, 5.74) is 10.1. The minimum absolute atomic E-state index is 0.107. The highest BCUT2D eigenvalue weighted by molar-refractivity contribution is 7.20. The van der Waals surface area contributed by atoms with Crippen LogP contribution in [0.5, 0.6) is 0 Å². The van der Waals surface area contributed by atoms with E-state index in [2.05, 4.69) is 100 Å². The van der Waals surface area contributed by atoms with Crippen LogP contribution in [0.15, 0.2) is 60.7 Å². The third kappa shape index (κ3) is 5.49. The SMILES string of the molecule is CC(C)(C)c1ccc2nc3sc(C#N)cc3cc2c1.CC(C)(C)c1ccc2nc3sc(C(N)=O)cc3cc2c1. The molecule has 1 amide bonds. The lowest BCUT2D eigenvalue weighted by Gasteiger charge is -2.19. The topological polar surface area (TPSA) is 92.7 Å². The number of pyridine rings is 2. The molecule has 6 rings (SSSR count). The number of nitriles is 1. The van der Waals surface area contributed by atoms with E-state index in [1.165, 1.54) is 33.8 Å². The van der Waals surface area contributed by atoms with Gasteiger partial charge >= 0.3 is 0 Å². The number of thiophene rings is 2. The van der Waals surface area contributed by atoms with E-state index in [1.807, 2.05) is 18.2 Å². The van der Waals surface area contributed by atoms with Crippen LogP contribution < -0.4 is 5.73 Å². The van der Waals surface area contributed by atoms with E-state index in [1.54, 1.807) is 0 Å². The number of carbonyl (C=O) groups is 1. The fourth-order valence-electron chi connectivity index (χ4n) is 4.38. The van der Waals surface area contributed by atoms with E-state index >= 15 is 0 Å². The Labute approximate surface area is 235 Å². The Balaban J connectivity index is 0.000000158. The molecule has 0 saturated heterocycles. The van der Waals surface area contributed by atoms with E-state index in [0.717, 1.165) is 42.2 Å². The maximum absolute atomic E-state index is 11.3. The van der Waals surface area contributed by atoms with Crippen molar-refractivity contribution in [2.45, 2.75) is 52.4 Å². The predicted octanol–water partition coefficient (Wildman–Crippen LogP) is 8.46. The Hall–Kier alpha value is -3.86. The van der Waals surface area contributed by atoms with E-state index in [-0.39, 0.29) is 10.8 Å². The number of hydrogen-bond donors (Lipinski definition) is 1. The summed E-state index contributed by atoms with van der Waals surface area (Å²) in [6.45, 7) is 13.2. The van der Waals surface area contributed by atoms with Crippen molar-refractivity contribution in [2.24, 2.45) is 5.73 Å². The van der Waals surface area contributed by atoms with Gasteiger partial charge in [0.05, 0.1) is 15.9 Å². The molecule has 0 aliphatic carbocycles. The summed E-state index contributed by atoms with van der Waals surface area (Å²) in [5.74, 6) is -0.396. The van der Waals surface area contributed by atoms with Crippen molar-refractivity contribution in [1.82, 2.24) is 9.97 Å². The Morgan fingerprint density at radius 3 is 1.67 bits per heavy atom. The van der Waals surface area contributed by atoms with Crippen LogP contribution in [-0.4, -0.2) is 15.9 Å². The number of nitrogens with two attached hydrogens (primary N) is 1. The number of primary amides is 1. The summed E-state index contributed by atoms with van der Waals surface area (Å²) < 4.78 is 0. The quantitative estimate of drug-likeness (QED) is 0.222. The first-order chi connectivity index (χ1) is 18.3. The molecule has 0 bridgehead atoms. The highest BCUT2D eigenvalue weighted by Gasteiger charge is 2.16. The van der Waals surface area contributed by atoms with Crippen LogP contribution in [0.2, 0.25) is 0 Å². The Morgan fingerprint density at radius 2 is 1.21 bits per heavy atom. The van der Waals surface area contributed by atoms with Crippen molar-refractivity contribution >= 4 is 70.8 Å². The lowest BCUT2D eigenvalue weighted by atomic mass is 9.86. The molecule has 0 saturated carbocycles. The molecule has 39 heavy (non-hydrogen) atoms. The van der Waals surface area contributed by atoms with Gasteiger partial charge in [0.15, 0.2) is 0 Å². The lowest BCUT2D eigenvalue weighted by molar-refractivity contribution is 0.100. The number of rotatable bonds is 1. The zero-order valence-corrected chi connectivity index (χ0v) is 24.6. The van der Waals surface area contributed by atoms with Gasteiger partial charge in [-0.15, -0.1) is 22.7 Å². The van der Waals surface area contributed by atoms with E-state index < -0.39 is 5.91 Å². The second-order valence-electron chi connectivity index (χ2n) is 11.8. The van der Waals surface area contributed by atoms with Crippen molar-refractivity contribution in [3.63, 3.8) is 0 Å². The van der Waals surface area contributed by atoms with E-state index in [4.69, 9.17) is 11.0 Å². The number of hydrogen-bond acceptors (Lipinski definition) is 6. The molecule has 7 heteroatoms. The van der Waals surface area contributed by atoms with Gasteiger partial charge in [0, 0.05) is 21.5 Å². The first-order valence-electron chi connectivity index (χ1n) is 12.7. The van der Waals surface area contributed by atoms with Gasteiger partial charge in [0.1, 0.15) is 20.6 Å². The fraction of sp³-hybridized carbons (Fsp3) is 0.250. The minimum Gasteiger partial charge on any atom is -0.365 e. The molecule has 6 aromatic rings. The van der Waals surface area contributed by atoms with Crippen LogP contribution in [0.25, 0.3) is 42.2 Å². The van der Waals surface area contributed by atoms with Crippen molar-refractivity contribution in [1.29, 1.82) is 5.26 Å². The van der Waals surface area contributed by atoms with Gasteiger partial charge in [0.25, 0.3) is 5.91 Å². The van der Waals surface area contributed by atoms with Gasteiger partial charge in [-0.1, -0.05) is 53.7 Å². The Bertz CT molecular complexity index is 1930. The molecule has 4 aromatic heterocycles. The Kier molecular flexibility index (Phi) is 6.66. The molecule has 0 spiro atoms. The normalized spacial score (nSPS) is 12.0. The van der Waals surface area contributed by atoms with Gasteiger partial charge < -0.3 is 5.73 Å². The number of amides is 1. The molecular formula is C32H30N4OS2. The summed E-state index contributed by atoms with van der Waals surface area (Å²) >= 11 is 2.79. The van der Waals surface area contributed by atoms with Gasteiger partial charge in [0.2, 0.25) is 0 Å². The maximum atomic E-state index is 11.3. The first kappa shape index (κ1) is 26.7. The summed E-state index contributed by atoms with van der Waals surface area (Å²) in [6.07, 6.45) is 0. The van der Waals surface area contributed by atoms with Crippen molar-refractivity contribution in [3.8, 4) is 6.07 Å². The first-order valence-corrected chi connectivity index (χ1v) is 14.3. The number of fused-ring (bicyclic) bond motifs is 4. The molecule has 0 atom stereocenters. The van der Waals surface area contributed by atoms with Crippen molar-refractivity contribution < 1.29 is 4.79 Å². The average molecular weight is 551 g/mol. The highest BCUT2D eigenvalue weighted by Crippen LogP contribution is 2.32. The molecule has 5 nitrogen and oxygen atoms in total. The summed E-state index contributed by atoms with van der Waals surface area (Å²) in [7, 11) is 0. The van der Waals surface area contributed by atoms with Crippen LogP contribution in [0.1, 0.15) is 67.2 Å². The molecule has 0 fully saturated rings. The largest absolute Gasteiger partial charge is 0.365 e. The smallest absolute Gasteiger partial charge is 0.258 e. The maximum Gasteiger partial charge on any atom is 0.258 e. The third-order valence-corrected chi connectivity index (χ3v) is 8.70. The molecule has 2 N–H and O–H groups in total. The highest BCUT2D eigenvalue weighted by atomic mass is 32.1. The number of nitrogens with zero attached hydrogens (tertiary/aromatic N) is 3. The van der Waals surface area contributed by atoms with Crippen LogP contribution in [0.3, 0.4) is 0 Å². The minimum atomic E-state index is -0.396.